The molecule has 4 nitrogen and oxygen atoms in total. The van der Waals surface area contributed by atoms with E-state index in [1.165, 1.54) is 0 Å². The molecule has 3 aromatic rings. The van der Waals surface area contributed by atoms with Gasteiger partial charge in [-0.2, -0.15) is 5.26 Å². The largest absolute Gasteiger partial charge is 0.322 e. The van der Waals surface area contributed by atoms with E-state index in [-0.39, 0.29) is 5.56 Å². The molecule has 2 aromatic heterocycles. The zero-order chi connectivity index (χ0) is 18.9. The van der Waals surface area contributed by atoms with Crippen molar-refractivity contribution in [3.8, 4) is 6.07 Å². The summed E-state index contributed by atoms with van der Waals surface area (Å²) in [6.45, 7) is 3.79. The molecule has 1 N–H and O–H groups in total. The highest BCUT2D eigenvalue weighted by Crippen LogP contribution is 2.32. The molecular formula is C20H17Cl2N3O. The maximum absolute atomic E-state index is 12.1. The molecule has 0 aliphatic rings. The molecule has 1 atom stereocenters. The minimum absolute atomic E-state index is 0.0965. The summed E-state index contributed by atoms with van der Waals surface area (Å²) in [4.78, 5) is 19.1. The Bertz CT molecular complexity index is 1080. The van der Waals surface area contributed by atoms with Crippen molar-refractivity contribution < 1.29 is 0 Å². The Morgan fingerprint density at radius 1 is 1.19 bits per heavy atom. The van der Waals surface area contributed by atoms with Crippen molar-refractivity contribution in [1.29, 1.82) is 5.26 Å². The maximum atomic E-state index is 12.1. The zero-order valence-corrected chi connectivity index (χ0v) is 15.9. The summed E-state index contributed by atoms with van der Waals surface area (Å²) in [7, 11) is 0. The molecule has 0 aliphatic carbocycles. The summed E-state index contributed by atoms with van der Waals surface area (Å²) in [5.41, 5.74) is 2.08. The second-order valence-electron chi connectivity index (χ2n) is 6.48. The van der Waals surface area contributed by atoms with Crippen LogP contribution in [0.15, 0.2) is 41.2 Å². The Hall–Kier alpha value is -2.35. The molecule has 0 fully saturated rings. The number of rotatable bonds is 4. The molecule has 0 radical (unpaired) electrons. The van der Waals surface area contributed by atoms with E-state index in [0.717, 1.165) is 22.1 Å². The molecule has 26 heavy (non-hydrogen) atoms. The number of nitrogens with one attached hydrogen (secondary N) is 1. The van der Waals surface area contributed by atoms with Crippen molar-refractivity contribution in [3.63, 3.8) is 0 Å². The van der Waals surface area contributed by atoms with E-state index >= 15 is 0 Å². The lowest BCUT2D eigenvalue weighted by molar-refractivity contribution is 0.606. The smallest absolute Gasteiger partial charge is 0.251 e. The van der Waals surface area contributed by atoms with Crippen molar-refractivity contribution in [1.82, 2.24) is 9.97 Å². The van der Waals surface area contributed by atoms with Crippen LogP contribution in [0.5, 0.6) is 0 Å². The second-order valence-corrected chi connectivity index (χ2v) is 7.23. The number of nitriles is 1. The van der Waals surface area contributed by atoms with Gasteiger partial charge in [0.2, 0.25) is 0 Å². The molecule has 0 saturated heterocycles. The Morgan fingerprint density at radius 2 is 1.96 bits per heavy atom. The van der Waals surface area contributed by atoms with Crippen LogP contribution in [0.1, 0.15) is 30.5 Å². The van der Waals surface area contributed by atoms with Crippen LogP contribution in [0.25, 0.3) is 10.9 Å². The summed E-state index contributed by atoms with van der Waals surface area (Å²) >= 11 is 12.0. The number of H-pyrrole nitrogens is 1. The summed E-state index contributed by atoms with van der Waals surface area (Å²) in [6, 6.07) is 13.4. The van der Waals surface area contributed by atoms with E-state index in [0.29, 0.717) is 28.7 Å². The van der Waals surface area contributed by atoms with Gasteiger partial charge in [0.25, 0.3) is 5.56 Å². The first-order chi connectivity index (χ1) is 12.4. The molecule has 0 aliphatic heterocycles. The third kappa shape index (κ3) is 3.46. The van der Waals surface area contributed by atoms with Gasteiger partial charge in [-0.15, -0.1) is 0 Å². The molecule has 132 valence electrons. The molecule has 0 saturated carbocycles. The number of nitrogens with zero attached hydrogens (tertiary/aromatic N) is 2. The molecule has 1 unspecified atom stereocenters. The van der Waals surface area contributed by atoms with Gasteiger partial charge in [0.1, 0.15) is 10.3 Å². The fourth-order valence-electron chi connectivity index (χ4n) is 3.01. The monoisotopic (exact) mass is 385 g/mol. The van der Waals surface area contributed by atoms with E-state index < -0.39 is 5.41 Å². The van der Waals surface area contributed by atoms with Gasteiger partial charge in [0, 0.05) is 11.1 Å². The topological polar surface area (TPSA) is 69.5 Å². The van der Waals surface area contributed by atoms with Gasteiger partial charge in [0.05, 0.1) is 11.5 Å². The standard InChI is InChI=1S/C20H17Cl2N3O/c1-3-12-8-13-4-6-15(9-16(13)24-19(12)26)20(2,11-23)10-14-5-7-17(21)25-18(14)22/h4-9H,3,10H2,1-2H3,(H,24,26). The number of pyridine rings is 2. The second kappa shape index (κ2) is 7.11. The number of fused-ring (bicyclic) bond motifs is 1. The Morgan fingerprint density at radius 3 is 2.62 bits per heavy atom. The summed E-state index contributed by atoms with van der Waals surface area (Å²) < 4.78 is 0. The minimum Gasteiger partial charge on any atom is -0.322 e. The van der Waals surface area contributed by atoms with Gasteiger partial charge in [-0.1, -0.05) is 48.3 Å². The molecule has 6 heteroatoms. The maximum Gasteiger partial charge on any atom is 0.251 e. The number of halogens is 2. The Kier molecular flexibility index (Phi) is 5.04. The van der Waals surface area contributed by atoms with Crippen molar-refractivity contribution in [2.45, 2.75) is 32.1 Å². The summed E-state index contributed by atoms with van der Waals surface area (Å²) in [6.07, 6.45) is 1.06. The van der Waals surface area contributed by atoms with Crippen molar-refractivity contribution >= 4 is 34.1 Å². The van der Waals surface area contributed by atoms with Gasteiger partial charge >= 0.3 is 0 Å². The average Bonchev–Trinajstić information content (AvgIpc) is 2.62. The third-order valence-corrected chi connectivity index (χ3v) is 5.16. The lowest BCUT2D eigenvalue weighted by Gasteiger charge is -2.23. The summed E-state index contributed by atoms with van der Waals surface area (Å²) in [5.74, 6) is 0. The first-order valence-corrected chi connectivity index (χ1v) is 9.00. The summed E-state index contributed by atoms with van der Waals surface area (Å²) in [5, 5.41) is 11.4. The Labute approximate surface area is 161 Å². The number of aryl methyl sites for hydroxylation is 1. The van der Waals surface area contributed by atoms with Crippen molar-refractivity contribution in [2.75, 3.05) is 0 Å². The molecule has 0 amide bonds. The number of aromatic amines is 1. The zero-order valence-electron chi connectivity index (χ0n) is 14.4. The number of benzene rings is 1. The molecule has 2 heterocycles. The van der Waals surface area contributed by atoms with Gasteiger partial charge < -0.3 is 4.98 Å². The van der Waals surface area contributed by atoms with Gasteiger partial charge in [-0.05, 0) is 54.5 Å². The molecule has 0 spiro atoms. The lowest BCUT2D eigenvalue weighted by atomic mass is 9.78. The third-order valence-electron chi connectivity index (χ3n) is 4.62. The van der Waals surface area contributed by atoms with Gasteiger partial charge in [-0.25, -0.2) is 4.98 Å². The first kappa shape index (κ1) is 18.4. The van der Waals surface area contributed by atoms with E-state index in [1.54, 1.807) is 12.1 Å². The van der Waals surface area contributed by atoms with E-state index in [1.807, 2.05) is 38.1 Å². The van der Waals surface area contributed by atoms with Crippen molar-refractivity contribution in [2.24, 2.45) is 0 Å². The number of aromatic nitrogens is 2. The fourth-order valence-corrected chi connectivity index (χ4v) is 3.42. The molecular weight excluding hydrogens is 369 g/mol. The van der Waals surface area contributed by atoms with Gasteiger partial charge in [0.15, 0.2) is 0 Å². The van der Waals surface area contributed by atoms with Crippen LogP contribution in [0.4, 0.5) is 0 Å². The fraction of sp³-hybridized carbons (Fsp3) is 0.250. The Balaban J connectivity index is 2.06. The first-order valence-electron chi connectivity index (χ1n) is 8.25. The number of hydrogen-bond acceptors (Lipinski definition) is 3. The quantitative estimate of drug-likeness (QED) is 0.654. The van der Waals surface area contributed by atoms with Crippen molar-refractivity contribution in [3.05, 3.63) is 73.7 Å². The predicted octanol–water partition coefficient (Wildman–Crippen LogP) is 4.82. The van der Waals surface area contributed by atoms with E-state index in [4.69, 9.17) is 23.2 Å². The normalized spacial score (nSPS) is 13.3. The highest BCUT2D eigenvalue weighted by molar-refractivity contribution is 6.32. The van der Waals surface area contributed by atoms with E-state index in [9.17, 15) is 10.1 Å². The highest BCUT2D eigenvalue weighted by atomic mass is 35.5. The number of hydrogen-bond donors (Lipinski definition) is 1. The molecule has 0 bridgehead atoms. The lowest BCUT2D eigenvalue weighted by Crippen LogP contribution is -2.23. The SMILES string of the molecule is CCc1cc2ccc(C(C)(C#N)Cc3ccc(Cl)nc3Cl)cc2[nH]c1=O. The van der Waals surface area contributed by atoms with Crippen LogP contribution < -0.4 is 5.56 Å². The van der Waals surface area contributed by atoms with Crippen LogP contribution in [0.3, 0.4) is 0 Å². The molecule has 3 rings (SSSR count). The minimum atomic E-state index is -0.826. The van der Waals surface area contributed by atoms with Crippen LogP contribution >= 0.6 is 23.2 Å². The van der Waals surface area contributed by atoms with Crippen LogP contribution in [-0.2, 0) is 18.3 Å². The molecule has 1 aromatic carbocycles. The highest BCUT2D eigenvalue weighted by Gasteiger charge is 2.28. The van der Waals surface area contributed by atoms with E-state index in [2.05, 4.69) is 16.0 Å². The van der Waals surface area contributed by atoms with Crippen LogP contribution in [-0.4, -0.2) is 9.97 Å². The average molecular weight is 386 g/mol. The van der Waals surface area contributed by atoms with Gasteiger partial charge in [-0.3, -0.25) is 4.79 Å². The predicted molar refractivity (Wildman–Crippen MR) is 105 cm³/mol. The van der Waals surface area contributed by atoms with Crippen LogP contribution in [0.2, 0.25) is 10.3 Å². The van der Waals surface area contributed by atoms with Crippen LogP contribution in [0, 0.1) is 11.3 Å².